The molecule has 2 aromatic carbocycles. The predicted molar refractivity (Wildman–Crippen MR) is 211 cm³/mol. The van der Waals surface area contributed by atoms with Crippen LogP contribution in [0.5, 0.6) is 11.5 Å². The van der Waals surface area contributed by atoms with Crippen molar-refractivity contribution in [2.24, 2.45) is 0 Å². The number of nitrogen functional groups attached to an aromatic ring is 1. The molecule has 16 nitrogen and oxygen atoms in total. The molecule has 1 atom stereocenters. The Hall–Kier alpha value is -5.74. The number of amides is 2. The normalized spacial score (nSPS) is 19.1. The van der Waals surface area contributed by atoms with Crippen molar-refractivity contribution in [1.82, 2.24) is 39.1 Å². The zero-order valence-electron chi connectivity index (χ0n) is 31.8. The molecule has 8 rings (SSSR count). The van der Waals surface area contributed by atoms with Gasteiger partial charge in [-0.1, -0.05) is 31.4 Å². The minimum atomic E-state index is -0.363. The average molecular weight is 765 g/mol. The second-order valence-corrected chi connectivity index (χ2v) is 14.6. The number of ether oxygens (including phenoxy) is 3. The van der Waals surface area contributed by atoms with Crippen molar-refractivity contribution in [3.63, 3.8) is 0 Å². The van der Waals surface area contributed by atoms with Crippen LogP contribution in [-0.4, -0.2) is 103 Å². The first kappa shape index (κ1) is 37.2. The average Bonchev–Trinajstić information content (AvgIpc) is 3.87. The number of carbonyl (C=O) groups is 3. The molecule has 0 radical (unpaired) electrons. The molecule has 2 aliphatic heterocycles. The van der Waals surface area contributed by atoms with Crippen LogP contribution in [-0.2, 0) is 24.4 Å². The van der Waals surface area contributed by atoms with E-state index in [4.69, 9.17) is 24.9 Å². The zero-order chi connectivity index (χ0) is 38.8. The number of hydrogen-bond donors (Lipinski definition) is 3. The number of imidazole rings is 2. The molecule has 56 heavy (non-hydrogen) atoms. The maximum absolute atomic E-state index is 13.7. The monoisotopic (exact) mass is 764 g/mol. The first-order valence-electron chi connectivity index (χ1n) is 19.5. The summed E-state index contributed by atoms with van der Waals surface area (Å²) in [5.74, 6) is 0.979. The molecule has 1 saturated heterocycles. The summed E-state index contributed by atoms with van der Waals surface area (Å²) in [4.78, 5) is 51.3. The van der Waals surface area contributed by atoms with E-state index in [9.17, 15) is 14.4 Å². The molecular formula is C40H48N10O6. The number of aldehydes is 1. The van der Waals surface area contributed by atoms with Gasteiger partial charge < -0.3 is 34.4 Å². The number of aryl methyl sites for hydroxylation is 2. The van der Waals surface area contributed by atoms with E-state index in [1.807, 2.05) is 35.1 Å². The third-order valence-corrected chi connectivity index (χ3v) is 10.8. The van der Waals surface area contributed by atoms with Crippen LogP contribution in [0.25, 0.3) is 22.1 Å². The highest BCUT2D eigenvalue weighted by Crippen LogP contribution is 2.34. The van der Waals surface area contributed by atoms with Crippen molar-refractivity contribution in [3.8, 4) is 11.5 Å². The third-order valence-electron chi connectivity index (χ3n) is 10.8. The Kier molecular flexibility index (Phi) is 10.7. The Labute approximate surface area is 324 Å². The number of nitrogens with one attached hydrogen (secondary N) is 2. The van der Waals surface area contributed by atoms with Gasteiger partial charge in [-0.05, 0) is 57.0 Å². The Morgan fingerprint density at radius 2 is 1.59 bits per heavy atom. The Morgan fingerprint density at radius 3 is 2.32 bits per heavy atom. The first-order valence-corrected chi connectivity index (χ1v) is 19.5. The van der Waals surface area contributed by atoms with Gasteiger partial charge >= 0.3 is 0 Å². The van der Waals surface area contributed by atoms with Crippen LogP contribution >= 0.6 is 0 Å². The van der Waals surface area contributed by atoms with Gasteiger partial charge in [0.2, 0.25) is 11.9 Å². The van der Waals surface area contributed by atoms with E-state index in [0.717, 1.165) is 37.7 Å². The Bertz CT molecular complexity index is 2300. The minimum absolute atomic E-state index is 0.138. The number of aromatic nitrogens is 6. The summed E-state index contributed by atoms with van der Waals surface area (Å²) >= 11 is 0. The largest absolute Gasteiger partial charge is 0.490 e. The van der Waals surface area contributed by atoms with Crippen LogP contribution in [0.2, 0.25) is 0 Å². The molecule has 16 heteroatoms. The highest BCUT2D eigenvalue weighted by Gasteiger charge is 2.27. The molecule has 4 N–H and O–H groups in total. The molecule has 0 spiro atoms. The number of rotatable bonds is 7. The maximum atomic E-state index is 13.7. The van der Waals surface area contributed by atoms with Gasteiger partial charge in [0.15, 0.2) is 0 Å². The molecular weight excluding hydrogens is 717 g/mol. The third kappa shape index (κ3) is 7.58. The smallest absolute Gasteiger partial charge is 0.276 e. The van der Waals surface area contributed by atoms with Crippen molar-refractivity contribution in [3.05, 3.63) is 65.0 Å². The maximum Gasteiger partial charge on any atom is 0.276 e. The number of benzene rings is 2. The Balaban J connectivity index is 1.20. The number of hydrogen-bond acceptors (Lipinski definition) is 11. The predicted octanol–water partition coefficient (Wildman–Crippen LogP) is 4.35. The minimum Gasteiger partial charge on any atom is -0.490 e. The summed E-state index contributed by atoms with van der Waals surface area (Å²) in [6.07, 6.45) is 9.98. The highest BCUT2D eigenvalue weighted by atomic mass is 16.5. The van der Waals surface area contributed by atoms with Gasteiger partial charge in [-0.25, -0.2) is 9.97 Å². The lowest BCUT2D eigenvalue weighted by Gasteiger charge is -2.34. The van der Waals surface area contributed by atoms with Crippen LogP contribution in [0.1, 0.15) is 75.9 Å². The molecule has 5 aromatic rings. The summed E-state index contributed by atoms with van der Waals surface area (Å²) < 4.78 is 24.4. The lowest BCUT2D eigenvalue weighted by atomic mass is 9.95. The molecule has 3 aliphatic rings. The molecule has 3 aromatic heterocycles. The van der Waals surface area contributed by atoms with Gasteiger partial charge in [0, 0.05) is 49.9 Å². The quantitative estimate of drug-likeness (QED) is 0.158. The molecule has 1 unspecified atom stereocenters. The van der Waals surface area contributed by atoms with Crippen LogP contribution < -0.4 is 25.8 Å². The zero-order valence-corrected chi connectivity index (χ0v) is 31.8. The van der Waals surface area contributed by atoms with Crippen molar-refractivity contribution in [1.29, 1.82) is 0 Å². The van der Waals surface area contributed by atoms with Gasteiger partial charge in [-0.2, -0.15) is 5.10 Å². The number of nitrogens with two attached hydrogens (primary N) is 1. The summed E-state index contributed by atoms with van der Waals surface area (Å²) in [5.41, 5.74) is 10.9. The molecule has 1 saturated carbocycles. The van der Waals surface area contributed by atoms with Gasteiger partial charge in [0.25, 0.3) is 11.8 Å². The first-order chi connectivity index (χ1) is 27.3. The van der Waals surface area contributed by atoms with Gasteiger partial charge in [-0.15, -0.1) is 0 Å². The van der Waals surface area contributed by atoms with Crippen LogP contribution in [0.15, 0.2) is 42.5 Å². The van der Waals surface area contributed by atoms with Crippen LogP contribution in [0, 0.1) is 6.92 Å². The highest BCUT2D eigenvalue weighted by molar-refractivity contribution is 6.03. The van der Waals surface area contributed by atoms with E-state index >= 15 is 0 Å². The fourth-order valence-corrected chi connectivity index (χ4v) is 7.96. The fraction of sp³-hybridized carbons (Fsp3) is 0.450. The summed E-state index contributed by atoms with van der Waals surface area (Å²) in [6, 6.07) is 8.56. The molecule has 0 bridgehead atoms. The molecule has 1 aliphatic carbocycles. The SMILES string of the molecule is CCn1nc(C)cc1C(=O)Nc1nc2cc(C=O)cc3c2n1C/C=C/Cn1c(N)nc2cc(C(=O)NC4CCCCC4)cc(c21)OCC(N1CCOCC1)CO3. The number of nitrogens with zero attached hydrogens (tertiary/aromatic N) is 7. The van der Waals surface area contributed by atoms with Crippen LogP contribution in [0.3, 0.4) is 0 Å². The lowest BCUT2D eigenvalue weighted by molar-refractivity contribution is -0.00548. The van der Waals surface area contributed by atoms with Gasteiger partial charge in [0.1, 0.15) is 47.7 Å². The standard InChI is InChI=1S/C40H48N10O6/c1-3-50-32(17-25(2)46-50)38(53)45-40-44-30-18-26(22-51)19-33-36(30)49(40)12-8-7-11-48-35-31(43-39(48)41)20-27(37(52)42-28-9-5-4-6-10-28)21-34(35)56-24-29(23-55-33)47-13-15-54-16-14-47/h7-8,17-22,28-29H,3-6,9-16,23-24H2,1-2H3,(H2,41,43)(H,42,52)(H,44,45,53)/b8-7+. The van der Waals surface area contributed by atoms with E-state index in [1.54, 1.807) is 35.0 Å². The number of morpholine rings is 1. The van der Waals surface area contributed by atoms with Gasteiger partial charge in [-0.3, -0.25) is 29.3 Å². The van der Waals surface area contributed by atoms with Crippen LogP contribution in [0.4, 0.5) is 11.9 Å². The summed E-state index contributed by atoms with van der Waals surface area (Å²) in [6.45, 7) is 7.78. The van der Waals surface area contributed by atoms with Crippen molar-refractivity contribution >= 4 is 52.1 Å². The van der Waals surface area contributed by atoms with Crippen molar-refractivity contribution in [2.75, 3.05) is 50.6 Å². The van der Waals surface area contributed by atoms with E-state index < -0.39 is 0 Å². The topological polar surface area (TPSA) is 186 Å². The fourth-order valence-electron chi connectivity index (χ4n) is 7.96. The molecule has 5 heterocycles. The summed E-state index contributed by atoms with van der Waals surface area (Å²) in [7, 11) is 0. The van der Waals surface area contributed by atoms with Crippen molar-refractivity contribution < 1.29 is 28.6 Å². The Morgan fingerprint density at radius 1 is 0.893 bits per heavy atom. The van der Waals surface area contributed by atoms with E-state index in [1.165, 1.54) is 6.42 Å². The van der Waals surface area contributed by atoms with E-state index in [2.05, 4.69) is 25.6 Å². The number of anilines is 2. The van der Waals surface area contributed by atoms with Crippen molar-refractivity contribution in [2.45, 2.75) is 77.7 Å². The summed E-state index contributed by atoms with van der Waals surface area (Å²) in [5, 5.41) is 10.7. The second-order valence-electron chi connectivity index (χ2n) is 14.6. The molecule has 2 fully saturated rings. The lowest BCUT2D eigenvalue weighted by Crippen LogP contribution is -2.49. The van der Waals surface area contributed by atoms with Gasteiger partial charge in [0.05, 0.1) is 36.0 Å². The second kappa shape index (κ2) is 16.2. The molecule has 294 valence electrons. The number of allylic oxidation sites excluding steroid dienone is 2. The van der Waals surface area contributed by atoms with E-state index in [0.29, 0.717) is 96.3 Å². The molecule has 2 amide bonds. The van der Waals surface area contributed by atoms with E-state index in [-0.39, 0.29) is 49.0 Å². The number of carbonyl (C=O) groups excluding carboxylic acids is 3.